The lowest BCUT2D eigenvalue weighted by Gasteiger charge is -2.36. The van der Waals surface area contributed by atoms with Gasteiger partial charge < -0.3 is 10.1 Å². The van der Waals surface area contributed by atoms with Crippen LogP contribution in [0.3, 0.4) is 0 Å². The smallest absolute Gasteiger partial charge is 0.235 e. The molecule has 0 saturated heterocycles. The Bertz CT molecular complexity index is 806. The Balaban J connectivity index is 1.51. The molecule has 0 aromatic heterocycles. The first kappa shape index (κ1) is 19.0. The van der Waals surface area contributed by atoms with Crippen LogP contribution in [0.1, 0.15) is 63.4 Å². The van der Waals surface area contributed by atoms with Crippen LogP contribution in [0.25, 0.3) is 0 Å². The first-order valence-corrected chi connectivity index (χ1v) is 10.5. The predicted molar refractivity (Wildman–Crippen MR) is 109 cm³/mol. The topological polar surface area (TPSA) is 38.3 Å². The zero-order chi connectivity index (χ0) is 19.4. The SMILES string of the molecule is O=C(Nc1ccc(OC2CCCC2)cc1)C1(c2ccccc2F)CCCCC1. The molecule has 2 aromatic rings. The van der Waals surface area contributed by atoms with Gasteiger partial charge in [-0.3, -0.25) is 4.79 Å². The summed E-state index contributed by atoms with van der Waals surface area (Å²) >= 11 is 0. The average molecular weight is 381 g/mol. The predicted octanol–water partition coefficient (Wildman–Crippen LogP) is 5.99. The van der Waals surface area contributed by atoms with E-state index >= 15 is 0 Å². The van der Waals surface area contributed by atoms with E-state index in [1.807, 2.05) is 30.3 Å². The molecule has 2 aliphatic rings. The number of nitrogens with one attached hydrogen (secondary N) is 1. The molecule has 4 rings (SSSR count). The van der Waals surface area contributed by atoms with Crippen molar-refractivity contribution in [3.8, 4) is 5.75 Å². The summed E-state index contributed by atoms with van der Waals surface area (Å²) in [6, 6.07) is 14.3. The fraction of sp³-hybridized carbons (Fsp3) is 0.458. The number of hydrogen-bond acceptors (Lipinski definition) is 2. The Morgan fingerprint density at radius 1 is 0.929 bits per heavy atom. The van der Waals surface area contributed by atoms with Crippen LogP contribution in [0, 0.1) is 5.82 Å². The highest BCUT2D eigenvalue weighted by molar-refractivity contribution is 5.99. The molecule has 0 atom stereocenters. The summed E-state index contributed by atoms with van der Waals surface area (Å²) in [4.78, 5) is 13.3. The molecule has 0 radical (unpaired) electrons. The van der Waals surface area contributed by atoms with Crippen molar-refractivity contribution in [2.24, 2.45) is 0 Å². The minimum absolute atomic E-state index is 0.109. The van der Waals surface area contributed by atoms with Gasteiger partial charge in [-0.15, -0.1) is 0 Å². The first-order valence-electron chi connectivity index (χ1n) is 10.5. The maximum Gasteiger partial charge on any atom is 0.235 e. The van der Waals surface area contributed by atoms with Gasteiger partial charge in [-0.25, -0.2) is 4.39 Å². The largest absolute Gasteiger partial charge is 0.490 e. The van der Waals surface area contributed by atoms with E-state index in [0.29, 0.717) is 24.5 Å². The van der Waals surface area contributed by atoms with Gasteiger partial charge in [-0.05, 0) is 68.9 Å². The van der Waals surface area contributed by atoms with Crippen molar-refractivity contribution in [2.75, 3.05) is 5.32 Å². The molecule has 2 saturated carbocycles. The molecule has 3 nitrogen and oxygen atoms in total. The van der Waals surface area contributed by atoms with E-state index in [1.54, 1.807) is 12.1 Å². The second-order valence-electron chi connectivity index (χ2n) is 8.13. The minimum Gasteiger partial charge on any atom is -0.490 e. The average Bonchev–Trinajstić information content (AvgIpc) is 3.23. The summed E-state index contributed by atoms with van der Waals surface area (Å²) in [7, 11) is 0. The maximum absolute atomic E-state index is 14.6. The summed E-state index contributed by atoms with van der Waals surface area (Å²) in [6.07, 6.45) is 9.35. The van der Waals surface area contributed by atoms with Crippen molar-refractivity contribution in [3.63, 3.8) is 0 Å². The van der Waals surface area contributed by atoms with Crippen LogP contribution in [0.2, 0.25) is 0 Å². The van der Waals surface area contributed by atoms with Gasteiger partial charge in [0.05, 0.1) is 11.5 Å². The number of ether oxygens (including phenoxy) is 1. The summed E-state index contributed by atoms with van der Waals surface area (Å²) in [5, 5.41) is 3.04. The molecule has 4 heteroatoms. The van der Waals surface area contributed by atoms with Crippen LogP contribution in [0.15, 0.2) is 48.5 Å². The Morgan fingerprint density at radius 2 is 1.61 bits per heavy atom. The van der Waals surface area contributed by atoms with Crippen molar-refractivity contribution in [2.45, 2.75) is 69.3 Å². The number of benzene rings is 2. The van der Waals surface area contributed by atoms with E-state index in [0.717, 1.165) is 43.5 Å². The molecule has 0 unspecified atom stereocenters. The molecule has 0 spiro atoms. The molecule has 148 valence electrons. The van der Waals surface area contributed by atoms with Gasteiger partial charge in [0.25, 0.3) is 0 Å². The Morgan fingerprint density at radius 3 is 2.29 bits per heavy atom. The fourth-order valence-corrected chi connectivity index (χ4v) is 4.69. The van der Waals surface area contributed by atoms with Gasteiger partial charge in [-0.2, -0.15) is 0 Å². The third-order valence-corrected chi connectivity index (χ3v) is 6.25. The lowest BCUT2D eigenvalue weighted by Crippen LogP contribution is -2.42. The standard InChI is InChI=1S/C24H28FNO2/c25-22-11-5-4-10-21(22)24(16-6-1-7-17-24)23(27)26-18-12-14-20(15-13-18)28-19-8-2-3-9-19/h4-5,10-15,19H,1-3,6-9,16-17H2,(H,26,27). The van der Waals surface area contributed by atoms with E-state index < -0.39 is 5.41 Å². The van der Waals surface area contributed by atoms with E-state index in [2.05, 4.69) is 5.32 Å². The number of rotatable bonds is 5. The number of carbonyl (C=O) groups is 1. The van der Waals surface area contributed by atoms with Gasteiger partial charge in [0, 0.05) is 11.3 Å². The van der Waals surface area contributed by atoms with Gasteiger partial charge >= 0.3 is 0 Å². The normalized spacial score (nSPS) is 19.3. The minimum atomic E-state index is -0.789. The molecule has 0 heterocycles. The molecular formula is C24H28FNO2. The molecule has 0 aliphatic heterocycles. The fourth-order valence-electron chi connectivity index (χ4n) is 4.69. The van der Waals surface area contributed by atoms with Crippen LogP contribution in [-0.4, -0.2) is 12.0 Å². The second kappa shape index (κ2) is 8.34. The lowest BCUT2D eigenvalue weighted by molar-refractivity contribution is -0.122. The maximum atomic E-state index is 14.6. The number of carbonyl (C=O) groups excluding carboxylic acids is 1. The van der Waals surface area contributed by atoms with Crippen molar-refractivity contribution in [3.05, 3.63) is 59.9 Å². The van der Waals surface area contributed by atoms with E-state index in [1.165, 1.54) is 18.9 Å². The highest BCUT2D eigenvalue weighted by atomic mass is 19.1. The summed E-state index contributed by atoms with van der Waals surface area (Å²) in [6.45, 7) is 0. The zero-order valence-electron chi connectivity index (χ0n) is 16.3. The van der Waals surface area contributed by atoms with Crippen LogP contribution < -0.4 is 10.1 Å². The van der Waals surface area contributed by atoms with Gasteiger partial charge in [0.2, 0.25) is 5.91 Å². The highest BCUT2D eigenvalue weighted by Crippen LogP contribution is 2.41. The number of anilines is 1. The lowest BCUT2D eigenvalue weighted by atomic mass is 9.68. The van der Waals surface area contributed by atoms with E-state index in [9.17, 15) is 9.18 Å². The monoisotopic (exact) mass is 381 g/mol. The van der Waals surface area contributed by atoms with Crippen molar-refractivity contribution < 1.29 is 13.9 Å². The third kappa shape index (κ3) is 3.91. The molecule has 2 aliphatic carbocycles. The van der Waals surface area contributed by atoms with Crippen LogP contribution in [0.5, 0.6) is 5.75 Å². The van der Waals surface area contributed by atoms with Crippen LogP contribution in [-0.2, 0) is 10.2 Å². The zero-order valence-corrected chi connectivity index (χ0v) is 16.3. The molecule has 0 bridgehead atoms. The number of hydrogen-bond donors (Lipinski definition) is 1. The van der Waals surface area contributed by atoms with Gasteiger partial charge in [0.15, 0.2) is 0 Å². The second-order valence-corrected chi connectivity index (χ2v) is 8.13. The summed E-state index contributed by atoms with van der Waals surface area (Å²) in [5.74, 6) is 0.438. The first-order chi connectivity index (χ1) is 13.7. The molecule has 2 aromatic carbocycles. The van der Waals surface area contributed by atoms with E-state index in [4.69, 9.17) is 4.74 Å². The van der Waals surface area contributed by atoms with Crippen LogP contribution in [0.4, 0.5) is 10.1 Å². The highest BCUT2D eigenvalue weighted by Gasteiger charge is 2.42. The van der Waals surface area contributed by atoms with Crippen molar-refractivity contribution in [1.82, 2.24) is 0 Å². The quantitative estimate of drug-likeness (QED) is 0.691. The third-order valence-electron chi connectivity index (χ3n) is 6.25. The molecule has 1 N–H and O–H groups in total. The number of amides is 1. The molecule has 1 amide bonds. The summed E-state index contributed by atoms with van der Waals surface area (Å²) in [5.41, 5.74) is 0.459. The summed E-state index contributed by atoms with van der Waals surface area (Å²) < 4.78 is 20.6. The Kier molecular flexibility index (Phi) is 5.65. The van der Waals surface area contributed by atoms with Gasteiger partial charge in [-0.1, -0.05) is 37.5 Å². The molecule has 28 heavy (non-hydrogen) atoms. The number of halogens is 1. The van der Waals surface area contributed by atoms with Crippen molar-refractivity contribution in [1.29, 1.82) is 0 Å². The Labute approximate surface area is 166 Å². The van der Waals surface area contributed by atoms with E-state index in [-0.39, 0.29) is 11.7 Å². The molecule has 2 fully saturated rings. The molecular weight excluding hydrogens is 353 g/mol. The van der Waals surface area contributed by atoms with Crippen LogP contribution >= 0.6 is 0 Å². The van der Waals surface area contributed by atoms with Gasteiger partial charge in [0.1, 0.15) is 11.6 Å². The Hall–Kier alpha value is -2.36. The van der Waals surface area contributed by atoms with Crippen molar-refractivity contribution >= 4 is 11.6 Å².